The number of rotatable bonds is 4. The number of imidazole rings is 1. The number of esters is 1. The maximum atomic E-state index is 13.2. The molecule has 2 N–H and O–H groups in total. The second-order valence-electron chi connectivity index (χ2n) is 7.20. The van der Waals surface area contributed by atoms with Gasteiger partial charge in [-0.3, -0.25) is 0 Å². The van der Waals surface area contributed by atoms with Gasteiger partial charge in [0.1, 0.15) is 11.8 Å². The monoisotopic (exact) mass is 460 g/mol. The van der Waals surface area contributed by atoms with Crippen molar-refractivity contribution in [3.05, 3.63) is 77.4 Å². The van der Waals surface area contributed by atoms with E-state index >= 15 is 0 Å². The number of H-pyrrole nitrogens is 1. The predicted octanol–water partition coefficient (Wildman–Crippen LogP) is 4.27. The molecule has 0 spiro atoms. The van der Waals surface area contributed by atoms with E-state index in [0.717, 1.165) is 5.69 Å². The molecular weight excluding hydrogens is 441 g/mol. The molecule has 0 saturated carbocycles. The van der Waals surface area contributed by atoms with Gasteiger partial charge in [-0.1, -0.05) is 18.2 Å². The van der Waals surface area contributed by atoms with Gasteiger partial charge in [0.2, 0.25) is 0 Å². The van der Waals surface area contributed by atoms with Crippen LogP contribution in [0.1, 0.15) is 33.4 Å². The van der Waals surface area contributed by atoms with Crippen molar-refractivity contribution in [3.8, 4) is 5.75 Å². The fourth-order valence-corrected chi connectivity index (χ4v) is 3.74. The second-order valence-corrected chi connectivity index (χ2v) is 7.20. The number of aromatic amines is 1. The summed E-state index contributed by atoms with van der Waals surface area (Å²) < 4.78 is 47.9. The van der Waals surface area contributed by atoms with Crippen molar-refractivity contribution in [2.24, 2.45) is 0 Å². The fourth-order valence-electron chi connectivity index (χ4n) is 3.74. The number of carbonyl (C=O) groups excluding carboxylic acids is 2. The molecule has 33 heavy (non-hydrogen) atoms. The number of urea groups is 1. The Kier molecular flexibility index (Phi) is 5.95. The van der Waals surface area contributed by atoms with E-state index in [1.807, 2.05) is 0 Å². The van der Waals surface area contributed by atoms with Crippen LogP contribution < -0.4 is 10.1 Å². The molecule has 1 atom stereocenters. The molecule has 2 heterocycles. The van der Waals surface area contributed by atoms with E-state index in [2.05, 4.69) is 24.8 Å². The first-order valence-corrected chi connectivity index (χ1v) is 9.89. The maximum absolute atomic E-state index is 13.2. The Morgan fingerprint density at radius 3 is 2.58 bits per heavy atom. The number of hydrogen-bond donors (Lipinski definition) is 2. The number of nitrogens with zero attached hydrogens (tertiary/aromatic N) is 2. The number of halogens is 3. The first-order chi connectivity index (χ1) is 15.8. The Balaban J connectivity index is 1.65. The van der Waals surface area contributed by atoms with E-state index in [1.165, 1.54) is 60.8 Å². The van der Waals surface area contributed by atoms with Gasteiger partial charge in [-0.2, -0.15) is 0 Å². The van der Waals surface area contributed by atoms with Crippen molar-refractivity contribution in [1.82, 2.24) is 14.9 Å². The van der Waals surface area contributed by atoms with E-state index in [-0.39, 0.29) is 12.1 Å². The highest BCUT2D eigenvalue weighted by atomic mass is 19.4. The number of nitrogens with one attached hydrogen (secondary N) is 2. The summed E-state index contributed by atoms with van der Waals surface area (Å²) in [7, 11) is 1.26. The molecule has 11 heteroatoms. The number of ether oxygens (including phenoxy) is 2. The summed E-state index contributed by atoms with van der Waals surface area (Å²) in [5.41, 5.74) is 2.04. The minimum atomic E-state index is -4.90. The van der Waals surface area contributed by atoms with Crippen molar-refractivity contribution in [1.29, 1.82) is 0 Å². The SMILES string of the molecule is COC(=O)c1ccc(NC(=O)N2CCc3[nH]cnc3[C@H]2c2ccccc2OC(F)(F)F)cc1. The summed E-state index contributed by atoms with van der Waals surface area (Å²) in [5.74, 6) is -0.928. The highest BCUT2D eigenvalue weighted by Crippen LogP contribution is 2.39. The van der Waals surface area contributed by atoms with E-state index in [1.54, 1.807) is 6.07 Å². The molecule has 172 valence electrons. The third-order valence-corrected chi connectivity index (χ3v) is 5.18. The Labute approximate surface area is 186 Å². The molecule has 0 radical (unpaired) electrons. The van der Waals surface area contributed by atoms with E-state index in [4.69, 9.17) is 0 Å². The number of hydrogen-bond acceptors (Lipinski definition) is 5. The van der Waals surface area contributed by atoms with Crippen molar-refractivity contribution < 1.29 is 32.2 Å². The second kappa shape index (κ2) is 8.85. The predicted molar refractivity (Wildman–Crippen MR) is 111 cm³/mol. The number of aromatic nitrogens is 2. The van der Waals surface area contributed by atoms with Crippen molar-refractivity contribution in [3.63, 3.8) is 0 Å². The Bertz CT molecular complexity index is 1160. The van der Waals surface area contributed by atoms with Crippen LogP contribution in [-0.4, -0.2) is 46.9 Å². The smallest absolute Gasteiger partial charge is 0.465 e. The number of fused-ring (bicyclic) bond motifs is 1. The zero-order valence-electron chi connectivity index (χ0n) is 17.3. The highest BCUT2D eigenvalue weighted by Gasteiger charge is 2.38. The van der Waals surface area contributed by atoms with Crippen LogP contribution >= 0.6 is 0 Å². The molecule has 4 rings (SSSR count). The number of benzene rings is 2. The summed E-state index contributed by atoms with van der Waals surface area (Å²) >= 11 is 0. The van der Waals surface area contributed by atoms with Crippen LogP contribution in [-0.2, 0) is 11.2 Å². The number of carbonyl (C=O) groups is 2. The summed E-state index contributed by atoms with van der Waals surface area (Å²) in [6.45, 7) is 0.228. The Hall–Kier alpha value is -4.02. The van der Waals surface area contributed by atoms with Crippen LogP contribution in [0.3, 0.4) is 0 Å². The van der Waals surface area contributed by atoms with E-state index in [9.17, 15) is 22.8 Å². The zero-order chi connectivity index (χ0) is 23.6. The van der Waals surface area contributed by atoms with Crippen LogP contribution in [0.4, 0.5) is 23.7 Å². The molecular formula is C22H19F3N4O4. The van der Waals surface area contributed by atoms with Gasteiger partial charge in [0.25, 0.3) is 0 Å². The lowest BCUT2D eigenvalue weighted by atomic mass is 9.95. The molecule has 1 aromatic heterocycles. The van der Waals surface area contributed by atoms with E-state index < -0.39 is 30.2 Å². The zero-order valence-corrected chi connectivity index (χ0v) is 17.3. The van der Waals surface area contributed by atoms with Crippen molar-refractivity contribution in [2.75, 3.05) is 19.0 Å². The first kappa shape index (κ1) is 22.2. The normalized spacial score (nSPS) is 15.5. The number of para-hydroxylation sites is 1. The average Bonchev–Trinajstić information content (AvgIpc) is 3.27. The third kappa shape index (κ3) is 4.76. The average molecular weight is 460 g/mol. The van der Waals surface area contributed by atoms with Gasteiger partial charge < -0.3 is 24.7 Å². The number of amides is 2. The summed E-state index contributed by atoms with van der Waals surface area (Å²) in [4.78, 5) is 33.4. The quantitative estimate of drug-likeness (QED) is 0.567. The van der Waals surface area contributed by atoms with Crippen LogP contribution in [0.2, 0.25) is 0 Å². The Morgan fingerprint density at radius 1 is 1.15 bits per heavy atom. The van der Waals surface area contributed by atoms with E-state index in [0.29, 0.717) is 23.4 Å². The highest BCUT2D eigenvalue weighted by molar-refractivity contribution is 5.92. The van der Waals surface area contributed by atoms with Crippen molar-refractivity contribution >= 4 is 17.7 Å². The lowest BCUT2D eigenvalue weighted by Gasteiger charge is -2.36. The molecule has 2 aromatic carbocycles. The van der Waals surface area contributed by atoms with Gasteiger partial charge >= 0.3 is 18.4 Å². The standard InChI is InChI=1S/C22H19F3N4O4/c1-32-20(30)13-6-8-14(9-7-13)28-21(31)29-11-10-16-18(27-12-26-16)19(29)15-4-2-3-5-17(15)33-22(23,24)25/h2-9,12,19H,10-11H2,1H3,(H,26,27)(H,28,31)/t19-/m1/s1. The molecule has 1 aliphatic rings. The maximum Gasteiger partial charge on any atom is 0.573 e. The first-order valence-electron chi connectivity index (χ1n) is 9.89. The molecule has 2 amide bonds. The van der Waals surface area contributed by atoms with Gasteiger partial charge in [-0.05, 0) is 30.3 Å². The summed E-state index contributed by atoms with van der Waals surface area (Å²) in [6.07, 6.45) is -3.01. The number of alkyl halides is 3. The summed E-state index contributed by atoms with van der Waals surface area (Å²) in [5, 5.41) is 2.72. The molecule has 8 nitrogen and oxygen atoms in total. The molecule has 0 fully saturated rings. The van der Waals surface area contributed by atoms with Crippen LogP contribution in [0.15, 0.2) is 54.9 Å². The molecule has 0 aliphatic carbocycles. The van der Waals surface area contributed by atoms with Gasteiger partial charge in [-0.25, -0.2) is 14.6 Å². The minimum Gasteiger partial charge on any atom is -0.465 e. The van der Waals surface area contributed by atoms with Gasteiger partial charge in [0.05, 0.1) is 24.7 Å². The lowest BCUT2D eigenvalue weighted by molar-refractivity contribution is -0.275. The van der Waals surface area contributed by atoms with Crippen molar-refractivity contribution in [2.45, 2.75) is 18.8 Å². The lowest BCUT2D eigenvalue weighted by Crippen LogP contribution is -2.43. The fraction of sp³-hybridized carbons (Fsp3) is 0.227. The molecule has 0 saturated heterocycles. The largest absolute Gasteiger partial charge is 0.573 e. The number of methoxy groups -OCH3 is 1. The molecule has 1 aliphatic heterocycles. The number of anilines is 1. The van der Waals surface area contributed by atoms with Crippen LogP contribution in [0.25, 0.3) is 0 Å². The third-order valence-electron chi connectivity index (χ3n) is 5.18. The Morgan fingerprint density at radius 2 is 1.88 bits per heavy atom. The molecule has 0 bridgehead atoms. The molecule has 0 unspecified atom stereocenters. The van der Waals surface area contributed by atoms with Gasteiger partial charge in [-0.15, -0.1) is 13.2 Å². The van der Waals surface area contributed by atoms with Gasteiger partial charge in [0.15, 0.2) is 0 Å². The van der Waals surface area contributed by atoms with Crippen LogP contribution in [0.5, 0.6) is 5.75 Å². The van der Waals surface area contributed by atoms with Gasteiger partial charge in [0, 0.05) is 29.9 Å². The minimum absolute atomic E-state index is 0.152. The summed E-state index contributed by atoms with van der Waals surface area (Å²) in [6, 6.07) is 10.3. The topological polar surface area (TPSA) is 96.6 Å². The van der Waals surface area contributed by atoms with Crippen LogP contribution in [0, 0.1) is 0 Å². The molecule has 3 aromatic rings.